The fraction of sp³-hybridized carbons (Fsp3) is 0.118. The zero-order chi connectivity index (χ0) is 15.7. The Morgan fingerprint density at radius 3 is 3.09 bits per heavy atom. The molecule has 0 saturated heterocycles. The van der Waals surface area contributed by atoms with Crippen LogP contribution < -0.4 is 9.30 Å². The first-order chi connectivity index (χ1) is 11.2. The summed E-state index contributed by atoms with van der Waals surface area (Å²) in [4.78, 5) is 8.88. The Morgan fingerprint density at radius 2 is 2.26 bits per heavy atom. The van der Waals surface area contributed by atoms with Crippen LogP contribution in [0, 0.1) is 13.5 Å². The van der Waals surface area contributed by atoms with Crippen molar-refractivity contribution in [1.82, 2.24) is 4.98 Å². The highest BCUT2D eigenvalue weighted by Gasteiger charge is 2.33. The van der Waals surface area contributed by atoms with Gasteiger partial charge in [0, 0.05) is 11.5 Å². The van der Waals surface area contributed by atoms with Gasteiger partial charge in [-0.2, -0.15) is 0 Å². The summed E-state index contributed by atoms with van der Waals surface area (Å²) in [5.74, 6) is 1.33. The highest BCUT2D eigenvalue weighted by atomic mass is 32.1. The lowest BCUT2D eigenvalue weighted by Gasteiger charge is -2.19. The van der Waals surface area contributed by atoms with E-state index in [4.69, 9.17) is 15.7 Å². The van der Waals surface area contributed by atoms with Crippen LogP contribution in [0.4, 0.5) is 5.00 Å². The van der Waals surface area contributed by atoms with Crippen LogP contribution in [0.1, 0.15) is 5.56 Å². The molecule has 1 aliphatic rings. The molecule has 23 heavy (non-hydrogen) atoms. The minimum atomic E-state index is 0.530. The maximum Gasteiger partial charge on any atom is 0.288 e. The predicted molar refractivity (Wildman–Crippen MR) is 87.1 cm³/mol. The minimum Gasteiger partial charge on any atom is -0.466 e. The number of hydrogen-bond acceptors (Lipinski definition) is 4. The fourth-order valence-electron chi connectivity index (χ4n) is 3.27. The average molecular weight is 320 g/mol. The van der Waals surface area contributed by atoms with Crippen molar-refractivity contribution >= 4 is 37.5 Å². The number of aromatic nitrogens is 2. The monoisotopic (exact) mass is 320 g/mol. The van der Waals surface area contributed by atoms with E-state index in [1.807, 2.05) is 23.7 Å². The zero-order valence-corrected chi connectivity index (χ0v) is 13.2. The molecule has 0 aliphatic carbocycles. The Morgan fingerprint density at radius 1 is 1.39 bits per heavy atom. The lowest BCUT2D eigenvalue weighted by Crippen LogP contribution is -2.32. The van der Waals surface area contributed by atoms with E-state index in [9.17, 15) is 0 Å². The molecule has 5 nitrogen and oxygen atoms in total. The second kappa shape index (κ2) is 4.09. The molecule has 3 aromatic heterocycles. The molecule has 0 spiro atoms. The van der Waals surface area contributed by atoms with Gasteiger partial charge < -0.3 is 9.15 Å². The Hall–Kier alpha value is -2.91. The molecule has 0 radical (unpaired) electrons. The Kier molecular flexibility index (Phi) is 2.24. The molecule has 0 bridgehead atoms. The summed E-state index contributed by atoms with van der Waals surface area (Å²) in [6.45, 7) is 9.47. The van der Waals surface area contributed by atoms with E-state index >= 15 is 0 Å². The first-order valence-electron chi connectivity index (χ1n) is 7.06. The van der Waals surface area contributed by atoms with E-state index in [1.54, 1.807) is 12.6 Å². The van der Waals surface area contributed by atoms with Crippen molar-refractivity contribution in [3.63, 3.8) is 0 Å². The highest BCUT2D eigenvalue weighted by molar-refractivity contribution is 7.23. The normalized spacial score (nSPS) is 12.2. The molecule has 5 rings (SSSR count). The van der Waals surface area contributed by atoms with Crippen LogP contribution in [0.3, 0.4) is 0 Å². The Bertz CT molecular complexity index is 1180. The van der Waals surface area contributed by atoms with Gasteiger partial charge in [0.05, 0.1) is 25.4 Å². The summed E-state index contributed by atoms with van der Waals surface area (Å²) in [7, 11) is 1.97. The number of rotatable bonds is 0. The van der Waals surface area contributed by atoms with Crippen LogP contribution >= 0.6 is 11.3 Å². The van der Waals surface area contributed by atoms with Crippen molar-refractivity contribution in [3.8, 4) is 22.8 Å². The van der Waals surface area contributed by atoms with Gasteiger partial charge in [-0.3, -0.25) is 0 Å². The molecule has 4 aromatic rings. The molecule has 1 aliphatic heterocycles. The van der Waals surface area contributed by atoms with Gasteiger partial charge in [0.25, 0.3) is 11.3 Å². The van der Waals surface area contributed by atoms with Gasteiger partial charge in [0.2, 0.25) is 4.83 Å². The third-order valence-electron chi connectivity index (χ3n) is 4.30. The van der Waals surface area contributed by atoms with Gasteiger partial charge in [0.15, 0.2) is 11.4 Å². The van der Waals surface area contributed by atoms with Crippen molar-refractivity contribution in [1.29, 1.82) is 0 Å². The van der Waals surface area contributed by atoms with Crippen molar-refractivity contribution in [2.75, 3.05) is 0 Å². The minimum absolute atomic E-state index is 0.530. The van der Waals surface area contributed by atoms with Crippen LogP contribution in [0.25, 0.3) is 37.3 Å². The third-order valence-corrected chi connectivity index (χ3v) is 5.27. The van der Waals surface area contributed by atoms with Crippen molar-refractivity contribution < 1.29 is 13.7 Å². The quantitative estimate of drug-likeness (QED) is 0.312. The Balaban J connectivity index is 2.03. The number of fused-ring (bicyclic) bond motifs is 3. The SMILES string of the molecule is [C-]#[N+]c1sc2nc[n+](C)c3c2c1Oc1cc2occc2c(C)c1-3. The summed E-state index contributed by atoms with van der Waals surface area (Å²) in [5, 5.41) is 2.52. The predicted octanol–water partition coefficient (Wildman–Crippen LogP) is 4.50. The number of benzene rings is 1. The second-order valence-electron chi connectivity index (χ2n) is 5.54. The van der Waals surface area contributed by atoms with E-state index in [1.165, 1.54) is 11.3 Å². The van der Waals surface area contributed by atoms with Crippen LogP contribution in [0.2, 0.25) is 0 Å². The number of hydrogen-bond donors (Lipinski definition) is 0. The summed E-state index contributed by atoms with van der Waals surface area (Å²) in [5.41, 5.74) is 3.97. The Labute approximate surface area is 135 Å². The van der Waals surface area contributed by atoms with Gasteiger partial charge in [-0.25, -0.2) is 9.41 Å². The summed E-state index contributed by atoms with van der Waals surface area (Å²) >= 11 is 1.37. The summed E-state index contributed by atoms with van der Waals surface area (Å²) < 4.78 is 13.6. The first kappa shape index (κ1) is 12.6. The fourth-order valence-corrected chi connectivity index (χ4v) is 4.13. The number of nitrogens with zero attached hydrogens (tertiary/aromatic N) is 3. The summed E-state index contributed by atoms with van der Waals surface area (Å²) in [6, 6.07) is 3.87. The van der Waals surface area contributed by atoms with Gasteiger partial charge in [0.1, 0.15) is 16.7 Å². The standard InChI is InChI=1S/C17H10N3O2S/c1-8-9-4-5-21-10(9)6-11-12(8)14-13-15(22-11)17(18-2)23-16(13)19-7-20(14)3/h4-7H,1,3H3/q+1. The largest absolute Gasteiger partial charge is 0.466 e. The zero-order valence-electron chi connectivity index (χ0n) is 12.4. The number of ether oxygens (including phenoxy) is 1. The molecule has 4 heterocycles. The molecule has 6 heteroatoms. The summed E-state index contributed by atoms with van der Waals surface area (Å²) in [6.07, 6.45) is 3.48. The van der Waals surface area contributed by atoms with E-state index < -0.39 is 0 Å². The number of aryl methyl sites for hydroxylation is 2. The first-order valence-corrected chi connectivity index (χ1v) is 7.88. The van der Waals surface area contributed by atoms with Gasteiger partial charge in [-0.15, -0.1) is 11.3 Å². The maximum atomic E-state index is 7.40. The van der Waals surface area contributed by atoms with Gasteiger partial charge in [-0.05, 0) is 23.5 Å². The molecule has 0 saturated carbocycles. The van der Waals surface area contributed by atoms with E-state index in [2.05, 4.69) is 16.8 Å². The molecular formula is C17H10N3O2S+. The maximum absolute atomic E-state index is 7.40. The van der Waals surface area contributed by atoms with Gasteiger partial charge >= 0.3 is 0 Å². The van der Waals surface area contributed by atoms with E-state index in [0.717, 1.165) is 43.8 Å². The van der Waals surface area contributed by atoms with E-state index in [-0.39, 0.29) is 0 Å². The van der Waals surface area contributed by atoms with Crippen molar-refractivity contribution in [3.05, 3.63) is 41.7 Å². The molecule has 0 fully saturated rings. The number of furan rings is 1. The van der Waals surface area contributed by atoms with Crippen LogP contribution in [0.5, 0.6) is 11.5 Å². The lowest BCUT2D eigenvalue weighted by molar-refractivity contribution is -0.662. The molecule has 0 atom stereocenters. The highest BCUT2D eigenvalue weighted by Crippen LogP contribution is 2.54. The van der Waals surface area contributed by atoms with E-state index in [0.29, 0.717) is 10.8 Å². The third kappa shape index (κ3) is 1.45. The molecule has 0 N–H and O–H groups in total. The van der Waals surface area contributed by atoms with Crippen molar-refractivity contribution in [2.45, 2.75) is 6.92 Å². The van der Waals surface area contributed by atoms with Gasteiger partial charge in [-0.1, -0.05) is 0 Å². The van der Waals surface area contributed by atoms with Crippen LogP contribution in [0.15, 0.2) is 29.1 Å². The average Bonchev–Trinajstić information content (AvgIpc) is 3.15. The smallest absolute Gasteiger partial charge is 0.288 e. The molecule has 110 valence electrons. The lowest BCUT2D eigenvalue weighted by atomic mass is 9.97. The van der Waals surface area contributed by atoms with Crippen LogP contribution in [-0.4, -0.2) is 4.98 Å². The van der Waals surface area contributed by atoms with Crippen LogP contribution in [-0.2, 0) is 7.05 Å². The molecular weight excluding hydrogens is 310 g/mol. The molecule has 1 aromatic carbocycles. The second-order valence-corrected chi connectivity index (χ2v) is 6.52. The topological polar surface area (TPSA) is 43.5 Å². The molecule has 0 amide bonds. The number of thiophene rings is 1. The van der Waals surface area contributed by atoms with Crippen molar-refractivity contribution in [2.24, 2.45) is 7.05 Å². The molecule has 0 unspecified atom stereocenters.